The van der Waals surface area contributed by atoms with E-state index >= 15 is 0 Å². The van der Waals surface area contributed by atoms with Crippen LogP contribution in [-0.2, 0) is 14.3 Å². The molecule has 0 aliphatic rings. The number of esters is 1. The fourth-order valence-corrected chi connectivity index (χ4v) is 0.764. The second-order valence-corrected chi connectivity index (χ2v) is 4.05. The number of aldehydes is 1. The second-order valence-electron chi connectivity index (χ2n) is 4.05. The molecular formula is C9H17NO3. The van der Waals surface area contributed by atoms with E-state index in [0.717, 1.165) is 0 Å². The third-order valence-electron chi connectivity index (χ3n) is 1.39. The zero-order valence-corrected chi connectivity index (χ0v) is 8.53. The molecule has 0 aromatic carbocycles. The van der Waals surface area contributed by atoms with Crippen LogP contribution in [0, 0.1) is 5.92 Å². The van der Waals surface area contributed by atoms with Crippen LogP contribution >= 0.6 is 0 Å². The molecule has 0 rings (SSSR count). The van der Waals surface area contributed by atoms with Crippen molar-refractivity contribution in [3.05, 3.63) is 0 Å². The lowest BCUT2D eigenvalue weighted by molar-refractivity contribution is -0.160. The van der Waals surface area contributed by atoms with E-state index < -0.39 is 23.5 Å². The summed E-state index contributed by atoms with van der Waals surface area (Å²) in [4.78, 5) is 21.8. The minimum Gasteiger partial charge on any atom is -0.459 e. The SMILES string of the molecule is CC(N)C(C=O)C(=O)OC(C)(C)C. The van der Waals surface area contributed by atoms with Crippen molar-refractivity contribution >= 4 is 12.3 Å². The van der Waals surface area contributed by atoms with Gasteiger partial charge >= 0.3 is 5.97 Å². The van der Waals surface area contributed by atoms with Crippen LogP contribution in [0.3, 0.4) is 0 Å². The average Bonchev–Trinajstić information content (AvgIpc) is 1.82. The number of ether oxygens (including phenoxy) is 1. The summed E-state index contributed by atoms with van der Waals surface area (Å²) in [6.07, 6.45) is 0.527. The van der Waals surface area contributed by atoms with Gasteiger partial charge in [-0.05, 0) is 27.7 Å². The molecule has 0 radical (unpaired) electrons. The van der Waals surface area contributed by atoms with Gasteiger partial charge in [-0.25, -0.2) is 0 Å². The highest BCUT2D eigenvalue weighted by molar-refractivity contribution is 5.88. The maximum atomic E-state index is 11.3. The molecule has 0 aromatic rings. The first kappa shape index (κ1) is 12.1. The average molecular weight is 187 g/mol. The zero-order valence-electron chi connectivity index (χ0n) is 8.53. The van der Waals surface area contributed by atoms with Crippen molar-refractivity contribution in [3.8, 4) is 0 Å². The maximum Gasteiger partial charge on any atom is 0.318 e. The molecule has 2 N–H and O–H groups in total. The molecule has 0 saturated heterocycles. The van der Waals surface area contributed by atoms with E-state index in [1.165, 1.54) is 0 Å². The third kappa shape index (κ3) is 4.62. The summed E-state index contributed by atoms with van der Waals surface area (Å²) in [6, 6.07) is -0.507. The summed E-state index contributed by atoms with van der Waals surface area (Å²) < 4.78 is 5.00. The van der Waals surface area contributed by atoms with Crippen molar-refractivity contribution < 1.29 is 14.3 Å². The molecule has 76 valence electrons. The van der Waals surface area contributed by atoms with E-state index in [0.29, 0.717) is 6.29 Å². The smallest absolute Gasteiger partial charge is 0.318 e. The Morgan fingerprint density at radius 3 is 2.15 bits per heavy atom. The predicted molar refractivity (Wildman–Crippen MR) is 49.0 cm³/mol. The molecular weight excluding hydrogens is 170 g/mol. The monoisotopic (exact) mass is 187 g/mol. The largest absolute Gasteiger partial charge is 0.459 e. The minimum atomic E-state index is -0.862. The van der Waals surface area contributed by atoms with Gasteiger partial charge in [-0.3, -0.25) is 4.79 Å². The number of rotatable bonds is 3. The fourth-order valence-electron chi connectivity index (χ4n) is 0.764. The molecule has 0 fully saturated rings. The van der Waals surface area contributed by atoms with Crippen LogP contribution in [0.25, 0.3) is 0 Å². The van der Waals surface area contributed by atoms with Gasteiger partial charge in [0.05, 0.1) is 0 Å². The maximum absolute atomic E-state index is 11.3. The van der Waals surface area contributed by atoms with Crippen LogP contribution in [0.1, 0.15) is 27.7 Å². The Hall–Kier alpha value is -0.900. The van der Waals surface area contributed by atoms with E-state index in [9.17, 15) is 9.59 Å². The van der Waals surface area contributed by atoms with Crippen molar-refractivity contribution in [3.63, 3.8) is 0 Å². The van der Waals surface area contributed by atoms with Crippen LogP contribution in [0.4, 0.5) is 0 Å². The Bertz CT molecular complexity index is 194. The zero-order chi connectivity index (χ0) is 10.6. The van der Waals surface area contributed by atoms with Gasteiger partial charge in [0, 0.05) is 6.04 Å². The molecule has 0 bridgehead atoms. The van der Waals surface area contributed by atoms with Crippen molar-refractivity contribution in [1.29, 1.82) is 0 Å². The van der Waals surface area contributed by atoms with Gasteiger partial charge in [0.25, 0.3) is 0 Å². The van der Waals surface area contributed by atoms with Gasteiger partial charge in [-0.15, -0.1) is 0 Å². The molecule has 2 unspecified atom stereocenters. The number of hydrogen-bond acceptors (Lipinski definition) is 4. The van der Waals surface area contributed by atoms with Gasteiger partial charge in [0.1, 0.15) is 17.8 Å². The molecule has 4 heteroatoms. The van der Waals surface area contributed by atoms with Crippen LogP contribution in [0.2, 0.25) is 0 Å². The molecule has 0 saturated carbocycles. The predicted octanol–water partition coefficient (Wildman–Crippen LogP) is 0.490. The highest BCUT2D eigenvalue weighted by Gasteiger charge is 2.27. The Balaban J connectivity index is 4.32. The summed E-state index contributed by atoms with van der Waals surface area (Å²) in [5.41, 5.74) is 4.86. The van der Waals surface area contributed by atoms with Gasteiger partial charge in [-0.1, -0.05) is 0 Å². The van der Waals surface area contributed by atoms with Crippen molar-refractivity contribution in [1.82, 2.24) is 0 Å². The second kappa shape index (κ2) is 4.37. The molecule has 0 spiro atoms. The van der Waals surface area contributed by atoms with Gasteiger partial charge in [0.15, 0.2) is 0 Å². The van der Waals surface area contributed by atoms with Gasteiger partial charge in [-0.2, -0.15) is 0 Å². The molecule has 4 nitrogen and oxygen atoms in total. The number of nitrogens with two attached hydrogens (primary N) is 1. The number of carbonyl (C=O) groups excluding carboxylic acids is 2. The van der Waals surface area contributed by atoms with Gasteiger partial charge < -0.3 is 15.3 Å². The Morgan fingerprint density at radius 1 is 1.46 bits per heavy atom. The molecule has 0 aliphatic heterocycles. The summed E-state index contributed by atoms with van der Waals surface area (Å²) in [6.45, 7) is 6.83. The van der Waals surface area contributed by atoms with E-state index in [-0.39, 0.29) is 0 Å². The minimum absolute atomic E-state index is 0.507. The normalized spacial score (nSPS) is 16.1. The molecule has 2 atom stereocenters. The number of hydrogen-bond donors (Lipinski definition) is 1. The Kier molecular flexibility index (Phi) is 4.07. The lowest BCUT2D eigenvalue weighted by Gasteiger charge is -2.22. The summed E-state index contributed by atoms with van der Waals surface area (Å²) >= 11 is 0. The van der Waals surface area contributed by atoms with E-state index in [1.54, 1.807) is 27.7 Å². The first-order valence-corrected chi connectivity index (χ1v) is 4.21. The molecule has 0 heterocycles. The van der Waals surface area contributed by atoms with E-state index in [4.69, 9.17) is 10.5 Å². The van der Waals surface area contributed by atoms with E-state index in [1.807, 2.05) is 0 Å². The molecule has 0 amide bonds. The molecule has 0 aliphatic carbocycles. The van der Waals surface area contributed by atoms with Crippen molar-refractivity contribution in [2.24, 2.45) is 11.7 Å². The number of carbonyl (C=O) groups is 2. The summed E-state index contributed by atoms with van der Waals surface area (Å²) in [5, 5.41) is 0. The van der Waals surface area contributed by atoms with Crippen molar-refractivity contribution in [2.75, 3.05) is 0 Å². The highest BCUT2D eigenvalue weighted by Crippen LogP contribution is 2.11. The standard InChI is InChI=1S/C9H17NO3/c1-6(10)7(5-11)8(12)13-9(2,3)4/h5-7H,10H2,1-4H3. The van der Waals surface area contributed by atoms with E-state index in [2.05, 4.69) is 0 Å². The summed E-state index contributed by atoms with van der Waals surface area (Å²) in [5.74, 6) is -1.42. The van der Waals surface area contributed by atoms with Crippen molar-refractivity contribution in [2.45, 2.75) is 39.3 Å². The lowest BCUT2D eigenvalue weighted by Crippen LogP contribution is -2.38. The topological polar surface area (TPSA) is 69.4 Å². The summed E-state index contributed by atoms with van der Waals surface area (Å²) in [7, 11) is 0. The quantitative estimate of drug-likeness (QED) is 0.396. The lowest BCUT2D eigenvalue weighted by atomic mass is 10.0. The first-order valence-electron chi connectivity index (χ1n) is 4.21. The fraction of sp³-hybridized carbons (Fsp3) is 0.778. The van der Waals surface area contributed by atoms with Gasteiger partial charge in [0.2, 0.25) is 0 Å². The highest BCUT2D eigenvalue weighted by atomic mass is 16.6. The Labute approximate surface area is 78.4 Å². The van der Waals surface area contributed by atoms with Crippen LogP contribution in [0.5, 0.6) is 0 Å². The first-order chi connectivity index (χ1) is 5.78. The van der Waals surface area contributed by atoms with Crippen LogP contribution in [-0.4, -0.2) is 23.9 Å². The van der Waals surface area contributed by atoms with Crippen LogP contribution in [0.15, 0.2) is 0 Å². The Morgan fingerprint density at radius 2 is 1.92 bits per heavy atom. The molecule has 0 aromatic heterocycles. The third-order valence-corrected chi connectivity index (χ3v) is 1.39. The van der Waals surface area contributed by atoms with Crippen LogP contribution < -0.4 is 5.73 Å². The molecule has 13 heavy (non-hydrogen) atoms.